The van der Waals surface area contributed by atoms with E-state index in [-0.39, 0.29) is 0 Å². The zero-order valence-electron chi connectivity index (χ0n) is 11.2. The summed E-state index contributed by atoms with van der Waals surface area (Å²) in [5.74, 6) is 2.17. The molecule has 2 nitrogen and oxygen atoms in total. The second-order valence-electron chi connectivity index (χ2n) is 5.56. The molecule has 1 aromatic rings. The fourth-order valence-corrected chi connectivity index (χ4v) is 3.97. The van der Waals surface area contributed by atoms with E-state index in [1.165, 1.54) is 41.3 Å². The maximum atomic E-state index is 6.00. The van der Waals surface area contributed by atoms with Crippen LogP contribution in [0.3, 0.4) is 0 Å². The third kappa shape index (κ3) is 2.89. The van der Waals surface area contributed by atoms with E-state index in [9.17, 15) is 0 Å². The second-order valence-corrected chi connectivity index (χ2v) is 6.79. The van der Waals surface area contributed by atoms with Gasteiger partial charge in [0, 0.05) is 17.3 Å². The summed E-state index contributed by atoms with van der Waals surface area (Å²) in [7, 11) is 0. The summed E-state index contributed by atoms with van der Waals surface area (Å²) >= 11 is 1.85. The summed E-state index contributed by atoms with van der Waals surface area (Å²) in [5.41, 5.74) is 7.18. The van der Waals surface area contributed by atoms with Crippen LogP contribution in [-0.2, 0) is 0 Å². The fraction of sp³-hybridized carbons (Fsp3) is 0.786. The first-order valence-corrected chi connectivity index (χ1v) is 7.57. The first kappa shape index (κ1) is 13.0. The lowest BCUT2D eigenvalue weighted by molar-refractivity contribution is 0.255. The monoisotopic (exact) mass is 252 g/mol. The van der Waals surface area contributed by atoms with Crippen molar-refractivity contribution in [1.82, 2.24) is 4.98 Å². The molecular formula is C14H24N2S. The van der Waals surface area contributed by atoms with E-state index >= 15 is 0 Å². The molecule has 0 bridgehead atoms. The molecule has 2 rings (SSSR count). The lowest BCUT2D eigenvalue weighted by Gasteiger charge is -2.31. The Morgan fingerprint density at radius 3 is 2.41 bits per heavy atom. The van der Waals surface area contributed by atoms with E-state index in [4.69, 9.17) is 10.7 Å². The molecule has 1 aromatic heterocycles. The molecule has 1 aliphatic rings. The van der Waals surface area contributed by atoms with E-state index in [1.54, 1.807) is 0 Å². The SMILES string of the molecule is Cc1nc(C(CN)C2CCC(C)CC2)sc1C. The predicted molar refractivity (Wildman–Crippen MR) is 74.5 cm³/mol. The maximum Gasteiger partial charge on any atom is 0.0977 e. The van der Waals surface area contributed by atoms with E-state index in [0.717, 1.165) is 18.4 Å². The quantitative estimate of drug-likeness (QED) is 0.892. The van der Waals surface area contributed by atoms with Gasteiger partial charge < -0.3 is 5.73 Å². The Labute approximate surface area is 109 Å². The minimum Gasteiger partial charge on any atom is -0.330 e. The zero-order valence-corrected chi connectivity index (χ0v) is 12.0. The number of aromatic nitrogens is 1. The van der Waals surface area contributed by atoms with Gasteiger partial charge in [-0.15, -0.1) is 11.3 Å². The van der Waals surface area contributed by atoms with E-state index < -0.39 is 0 Å². The Balaban J connectivity index is 2.10. The van der Waals surface area contributed by atoms with Crippen LogP contribution in [0.25, 0.3) is 0 Å². The molecule has 1 heterocycles. The molecule has 17 heavy (non-hydrogen) atoms. The van der Waals surface area contributed by atoms with Crippen molar-refractivity contribution in [1.29, 1.82) is 0 Å². The first-order chi connectivity index (χ1) is 8.11. The van der Waals surface area contributed by atoms with Gasteiger partial charge in [-0.1, -0.05) is 19.8 Å². The molecule has 0 radical (unpaired) electrons. The third-order valence-electron chi connectivity index (χ3n) is 4.25. The molecule has 1 aliphatic carbocycles. The third-order valence-corrected chi connectivity index (χ3v) is 5.45. The summed E-state index contributed by atoms with van der Waals surface area (Å²) in [5, 5.41) is 1.28. The molecule has 1 saturated carbocycles. The van der Waals surface area contributed by atoms with Crippen molar-refractivity contribution in [2.24, 2.45) is 17.6 Å². The molecule has 1 fully saturated rings. The predicted octanol–water partition coefficient (Wildman–Crippen LogP) is 3.63. The molecule has 3 heteroatoms. The second kappa shape index (κ2) is 5.49. The number of aryl methyl sites for hydroxylation is 2. The van der Waals surface area contributed by atoms with Crippen molar-refractivity contribution >= 4 is 11.3 Å². The summed E-state index contributed by atoms with van der Waals surface area (Å²) in [6, 6.07) is 0. The Kier molecular flexibility index (Phi) is 4.21. The number of hydrogen-bond donors (Lipinski definition) is 1. The van der Waals surface area contributed by atoms with Gasteiger partial charge in [0.05, 0.1) is 10.7 Å². The molecule has 0 spiro atoms. The van der Waals surface area contributed by atoms with E-state index in [0.29, 0.717) is 5.92 Å². The highest BCUT2D eigenvalue weighted by Gasteiger charge is 2.28. The number of thiazole rings is 1. The summed E-state index contributed by atoms with van der Waals surface area (Å²) in [6.45, 7) is 7.38. The molecule has 1 unspecified atom stereocenters. The fourth-order valence-electron chi connectivity index (χ4n) is 2.84. The van der Waals surface area contributed by atoms with Crippen LogP contribution in [0, 0.1) is 25.7 Å². The number of nitrogens with zero attached hydrogens (tertiary/aromatic N) is 1. The molecule has 0 amide bonds. The Bertz CT molecular complexity index is 345. The molecule has 96 valence electrons. The molecule has 0 aliphatic heterocycles. The average molecular weight is 252 g/mol. The molecule has 2 N–H and O–H groups in total. The standard InChI is InChI=1S/C14H24N2S/c1-9-4-6-12(7-5-9)13(8-15)14-16-10(2)11(3)17-14/h9,12-13H,4-8,15H2,1-3H3. The van der Waals surface area contributed by atoms with Crippen LogP contribution >= 0.6 is 11.3 Å². The smallest absolute Gasteiger partial charge is 0.0977 e. The van der Waals surface area contributed by atoms with Gasteiger partial charge in [-0.25, -0.2) is 4.98 Å². The first-order valence-electron chi connectivity index (χ1n) is 6.75. The highest BCUT2D eigenvalue weighted by molar-refractivity contribution is 7.11. The van der Waals surface area contributed by atoms with Gasteiger partial charge in [-0.05, 0) is 38.5 Å². The molecule has 1 atom stereocenters. The summed E-state index contributed by atoms with van der Waals surface area (Å²) in [4.78, 5) is 6.06. The van der Waals surface area contributed by atoms with Crippen LogP contribution in [0.1, 0.15) is 54.1 Å². The van der Waals surface area contributed by atoms with Gasteiger partial charge in [0.2, 0.25) is 0 Å². The van der Waals surface area contributed by atoms with Crippen molar-refractivity contribution in [3.05, 3.63) is 15.6 Å². The largest absolute Gasteiger partial charge is 0.330 e. The topological polar surface area (TPSA) is 38.9 Å². The number of nitrogens with two attached hydrogens (primary N) is 1. The number of rotatable bonds is 3. The van der Waals surface area contributed by atoms with Crippen LogP contribution < -0.4 is 5.73 Å². The zero-order chi connectivity index (χ0) is 12.4. The van der Waals surface area contributed by atoms with Crippen molar-refractivity contribution in [3.8, 4) is 0 Å². The van der Waals surface area contributed by atoms with Crippen LogP contribution in [0.5, 0.6) is 0 Å². The number of hydrogen-bond acceptors (Lipinski definition) is 3. The summed E-state index contributed by atoms with van der Waals surface area (Å²) in [6.07, 6.45) is 5.40. The molecular weight excluding hydrogens is 228 g/mol. The summed E-state index contributed by atoms with van der Waals surface area (Å²) < 4.78 is 0. The van der Waals surface area contributed by atoms with Gasteiger partial charge >= 0.3 is 0 Å². The van der Waals surface area contributed by atoms with Gasteiger partial charge in [0.15, 0.2) is 0 Å². The van der Waals surface area contributed by atoms with Crippen LogP contribution in [0.2, 0.25) is 0 Å². The van der Waals surface area contributed by atoms with Gasteiger partial charge in [0.1, 0.15) is 0 Å². The van der Waals surface area contributed by atoms with Crippen LogP contribution in [-0.4, -0.2) is 11.5 Å². The maximum absolute atomic E-state index is 6.00. The van der Waals surface area contributed by atoms with Gasteiger partial charge in [-0.3, -0.25) is 0 Å². The van der Waals surface area contributed by atoms with E-state index in [2.05, 4.69) is 20.8 Å². The Morgan fingerprint density at radius 1 is 1.29 bits per heavy atom. The Hall–Kier alpha value is -0.410. The average Bonchev–Trinajstić information content (AvgIpc) is 2.63. The van der Waals surface area contributed by atoms with E-state index in [1.807, 2.05) is 11.3 Å². The molecule has 0 saturated heterocycles. The lowest BCUT2D eigenvalue weighted by Crippen LogP contribution is -2.25. The van der Waals surface area contributed by atoms with Crippen molar-refractivity contribution < 1.29 is 0 Å². The van der Waals surface area contributed by atoms with Gasteiger partial charge in [0.25, 0.3) is 0 Å². The van der Waals surface area contributed by atoms with Crippen molar-refractivity contribution in [2.45, 2.75) is 52.4 Å². The van der Waals surface area contributed by atoms with Crippen molar-refractivity contribution in [3.63, 3.8) is 0 Å². The minimum absolute atomic E-state index is 0.500. The minimum atomic E-state index is 0.500. The highest BCUT2D eigenvalue weighted by atomic mass is 32.1. The highest BCUT2D eigenvalue weighted by Crippen LogP contribution is 2.39. The van der Waals surface area contributed by atoms with Crippen LogP contribution in [0.4, 0.5) is 0 Å². The van der Waals surface area contributed by atoms with Crippen molar-refractivity contribution in [2.75, 3.05) is 6.54 Å². The Morgan fingerprint density at radius 2 is 1.94 bits per heavy atom. The lowest BCUT2D eigenvalue weighted by atomic mass is 9.76. The van der Waals surface area contributed by atoms with Crippen LogP contribution in [0.15, 0.2) is 0 Å². The van der Waals surface area contributed by atoms with Gasteiger partial charge in [-0.2, -0.15) is 0 Å². The molecule has 0 aromatic carbocycles. The normalized spacial score (nSPS) is 27.1.